The maximum Gasteiger partial charge on any atom is 0.272 e. The summed E-state index contributed by atoms with van der Waals surface area (Å²) < 4.78 is 57.4. The van der Waals surface area contributed by atoms with E-state index in [-0.39, 0.29) is 30.5 Å². The average molecular weight is 708 g/mol. The molecule has 0 amide bonds. The van der Waals surface area contributed by atoms with Gasteiger partial charge in [0.25, 0.3) is 6.43 Å². The number of nitrogens with one attached hydrogen (secondary N) is 1. The van der Waals surface area contributed by atoms with E-state index in [2.05, 4.69) is 24.9 Å². The van der Waals surface area contributed by atoms with Crippen LogP contribution in [0.5, 0.6) is 17.4 Å². The third kappa shape index (κ3) is 9.18. The number of carbonyl (C=O) groups is 1. The van der Waals surface area contributed by atoms with Gasteiger partial charge in [-0.3, -0.25) is 14.7 Å². The van der Waals surface area contributed by atoms with Gasteiger partial charge >= 0.3 is 0 Å². The lowest BCUT2D eigenvalue weighted by Crippen LogP contribution is -2.45. The number of hydrogen-bond donors (Lipinski definition) is 2. The maximum absolute atomic E-state index is 14.0. The first-order chi connectivity index (χ1) is 24.8. The van der Waals surface area contributed by atoms with E-state index < -0.39 is 18.8 Å². The number of anilines is 2. The van der Waals surface area contributed by atoms with Crippen molar-refractivity contribution in [3.8, 4) is 17.4 Å². The number of nitrogens with zero attached hydrogens (tertiary/aromatic N) is 5. The molecule has 0 aliphatic carbocycles. The zero-order chi connectivity index (χ0) is 35.7. The maximum atomic E-state index is 14.0. The Morgan fingerprint density at radius 3 is 2.71 bits per heavy atom. The van der Waals surface area contributed by atoms with Gasteiger partial charge in [-0.1, -0.05) is 18.6 Å². The molecule has 2 aromatic heterocycles. The summed E-state index contributed by atoms with van der Waals surface area (Å²) >= 11 is 0. The predicted octanol–water partition coefficient (Wildman–Crippen LogP) is 6.51. The Balaban J connectivity index is 1.15. The highest BCUT2D eigenvalue weighted by Gasteiger charge is 2.25. The number of alkyl halides is 2. The number of aryl methyl sites for hydroxylation is 1. The minimum Gasteiger partial charge on any atom is -0.485 e. The van der Waals surface area contributed by atoms with Crippen LogP contribution < -0.4 is 25.1 Å². The second kappa shape index (κ2) is 17.0. The third-order valence-electron chi connectivity index (χ3n) is 9.27. The first-order valence-corrected chi connectivity index (χ1v) is 17.4. The van der Waals surface area contributed by atoms with Crippen molar-refractivity contribution in [2.75, 3.05) is 62.6 Å². The fourth-order valence-electron chi connectivity index (χ4n) is 6.64. The predicted molar refractivity (Wildman–Crippen MR) is 191 cm³/mol. The van der Waals surface area contributed by atoms with Crippen LogP contribution in [0.2, 0.25) is 0 Å². The van der Waals surface area contributed by atoms with E-state index in [1.54, 1.807) is 30.3 Å². The van der Waals surface area contributed by atoms with E-state index in [9.17, 15) is 18.0 Å². The number of Topliss-reactive ketones (excluding diaryl/α,β-unsaturated/α-hetero) is 1. The van der Waals surface area contributed by atoms with Crippen molar-refractivity contribution in [1.82, 2.24) is 14.9 Å². The summed E-state index contributed by atoms with van der Waals surface area (Å²) in [6.07, 6.45) is 4.47. The molecule has 1 atom stereocenters. The number of pyridine rings is 1. The van der Waals surface area contributed by atoms with E-state index in [1.807, 2.05) is 13.0 Å². The molecule has 51 heavy (non-hydrogen) atoms. The second-order valence-electron chi connectivity index (χ2n) is 12.7. The van der Waals surface area contributed by atoms with Gasteiger partial charge in [0.2, 0.25) is 5.88 Å². The number of hydrogen-bond acceptors (Lipinski definition) is 10. The molecule has 4 heterocycles. The van der Waals surface area contributed by atoms with Gasteiger partial charge in [-0.15, -0.1) is 0 Å². The Hall–Kier alpha value is -4.66. The van der Waals surface area contributed by atoms with Crippen LogP contribution in [0.1, 0.15) is 48.2 Å². The Bertz CT molecular complexity index is 1810. The summed E-state index contributed by atoms with van der Waals surface area (Å²) in [5, 5.41) is 6.59. The lowest BCUT2D eigenvalue weighted by atomic mass is 10.0. The number of morpholine rings is 1. The molecule has 2 aliphatic rings. The van der Waals surface area contributed by atoms with E-state index in [4.69, 9.17) is 19.9 Å². The van der Waals surface area contributed by atoms with Crippen LogP contribution in [0.15, 0.2) is 59.8 Å². The molecule has 0 bridgehead atoms. The van der Waals surface area contributed by atoms with Crippen molar-refractivity contribution in [3.05, 3.63) is 71.8 Å². The number of para-hydroxylation sites is 1. The lowest BCUT2D eigenvalue weighted by Gasteiger charge is -2.38. The first kappa shape index (κ1) is 36.1. The number of benzene rings is 2. The van der Waals surface area contributed by atoms with Gasteiger partial charge in [-0.2, -0.15) is 5.10 Å². The first-order valence-electron chi connectivity index (χ1n) is 17.4. The van der Waals surface area contributed by atoms with Gasteiger partial charge in [0, 0.05) is 61.8 Å². The zero-order valence-corrected chi connectivity index (χ0v) is 28.7. The highest BCUT2D eigenvalue weighted by atomic mass is 19.3. The number of fused-ring (bicyclic) bond motifs is 1. The summed E-state index contributed by atoms with van der Waals surface area (Å²) in [6, 6.07) is 13.5. The van der Waals surface area contributed by atoms with Crippen LogP contribution >= 0.6 is 0 Å². The Morgan fingerprint density at radius 2 is 1.94 bits per heavy atom. The molecule has 11 nitrogen and oxygen atoms in total. The molecule has 1 unspecified atom stereocenters. The summed E-state index contributed by atoms with van der Waals surface area (Å²) in [5.41, 5.74) is 9.11. The molecule has 0 radical (unpaired) electrons. The van der Waals surface area contributed by atoms with Gasteiger partial charge in [-0.25, -0.2) is 18.2 Å². The zero-order valence-electron chi connectivity index (χ0n) is 28.7. The summed E-state index contributed by atoms with van der Waals surface area (Å²) in [6.45, 7) is 5.99. The monoisotopic (exact) mass is 707 g/mol. The van der Waals surface area contributed by atoms with Crippen molar-refractivity contribution in [2.24, 2.45) is 10.8 Å². The fourth-order valence-corrected chi connectivity index (χ4v) is 6.64. The highest BCUT2D eigenvalue weighted by Crippen LogP contribution is 2.36. The van der Waals surface area contributed by atoms with Gasteiger partial charge < -0.3 is 29.8 Å². The van der Waals surface area contributed by atoms with Crippen molar-refractivity contribution >= 4 is 34.3 Å². The fraction of sp³-hybridized carbons (Fsp3) is 0.432. The molecule has 272 valence electrons. The number of ketones is 1. The minimum absolute atomic E-state index is 0.0149. The number of halogens is 3. The molecule has 3 N–H and O–H groups in total. The van der Waals surface area contributed by atoms with Crippen molar-refractivity contribution < 1.29 is 32.2 Å². The molecular weight excluding hydrogens is 663 g/mol. The van der Waals surface area contributed by atoms with Crippen molar-refractivity contribution in [2.45, 2.75) is 51.5 Å². The van der Waals surface area contributed by atoms with Crippen LogP contribution in [0.3, 0.4) is 0 Å². The molecule has 2 aromatic carbocycles. The molecular formula is C37H44F3N7O4. The molecule has 4 aromatic rings. The van der Waals surface area contributed by atoms with Crippen molar-refractivity contribution in [3.63, 3.8) is 0 Å². The van der Waals surface area contributed by atoms with Gasteiger partial charge in [0.15, 0.2) is 17.3 Å². The van der Waals surface area contributed by atoms with Crippen LogP contribution in [0.4, 0.5) is 24.5 Å². The summed E-state index contributed by atoms with van der Waals surface area (Å²) in [7, 11) is 0. The van der Waals surface area contributed by atoms with E-state index in [0.717, 1.165) is 76.3 Å². The smallest absolute Gasteiger partial charge is 0.272 e. The topological polar surface area (TPSA) is 122 Å². The van der Waals surface area contributed by atoms with Gasteiger partial charge in [-0.05, 0) is 62.1 Å². The van der Waals surface area contributed by atoms with E-state index in [0.29, 0.717) is 34.1 Å². The number of rotatable bonds is 13. The minimum atomic E-state index is -2.62. The van der Waals surface area contributed by atoms with Crippen LogP contribution in [-0.2, 0) is 4.74 Å². The van der Waals surface area contributed by atoms with E-state index >= 15 is 0 Å². The Morgan fingerprint density at radius 1 is 1.12 bits per heavy atom. The van der Waals surface area contributed by atoms with Crippen molar-refractivity contribution in [1.29, 1.82) is 0 Å². The summed E-state index contributed by atoms with van der Waals surface area (Å²) in [5.74, 6) is -0.0686. The molecule has 14 heteroatoms. The van der Waals surface area contributed by atoms with Crippen LogP contribution in [0.25, 0.3) is 10.9 Å². The second-order valence-corrected chi connectivity index (χ2v) is 12.7. The third-order valence-corrected chi connectivity index (χ3v) is 9.27. The highest BCUT2D eigenvalue weighted by molar-refractivity contribution is 6.05. The SMILES string of the molecule is Cc1cc(Oc2ccccc2F)ncc1N(CN)/N=C\CC(=O)c1cc2cc(OCC(F)F)c(N3CCCCC(N4CCOCC4)CC3)cc2[nH]1. The summed E-state index contributed by atoms with van der Waals surface area (Å²) in [4.78, 5) is 25.5. The molecule has 6 rings (SSSR count). The standard InChI is InChI=1S/C37H44F3N7O4/c1-25-18-37(51-34-8-3-2-7-28(34)38)42-22-32(25)47(24-41)43-11-9-33(48)30-19-26-20-35(50-23-36(39)40)31(21-29(26)44-30)46-12-5-4-6-27(10-13-46)45-14-16-49-17-15-45/h2-3,7-8,11,18-22,27,36,44H,4-6,9-10,12-17,23-24,41H2,1H3/b43-11-. The van der Waals surface area contributed by atoms with Crippen LogP contribution in [-0.4, -0.2) is 92.0 Å². The molecule has 2 saturated heterocycles. The number of H-pyrrole nitrogens is 1. The molecule has 0 saturated carbocycles. The molecule has 2 aliphatic heterocycles. The normalized spacial score (nSPS) is 17.5. The lowest BCUT2D eigenvalue weighted by molar-refractivity contribution is 0.0123. The molecule has 2 fully saturated rings. The number of nitrogens with two attached hydrogens (primary N) is 1. The quantitative estimate of drug-likeness (QED) is 0.0694. The number of carbonyl (C=O) groups excluding carboxylic acids is 1. The van der Waals surface area contributed by atoms with Crippen LogP contribution in [0, 0.1) is 12.7 Å². The number of aromatic amines is 1. The largest absolute Gasteiger partial charge is 0.485 e. The molecule has 0 spiro atoms. The van der Waals surface area contributed by atoms with Gasteiger partial charge in [0.05, 0.1) is 43.1 Å². The van der Waals surface area contributed by atoms with Gasteiger partial charge in [0.1, 0.15) is 12.4 Å². The van der Waals surface area contributed by atoms with E-state index in [1.165, 1.54) is 29.6 Å². The number of hydrazone groups is 1. The number of aromatic nitrogens is 2. The Labute approximate surface area is 295 Å². The number of ether oxygens (including phenoxy) is 3. The Kier molecular flexibility index (Phi) is 12.1. The average Bonchev–Trinajstić information content (AvgIpc) is 3.54.